The Bertz CT molecular complexity index is 1430. The quantitative estimate of drug-likeness (QED) is 0.316. The van der Waals surface area contributed by atoms with Crippen molar-refractivity contribution in [3.8, 4) is 17.2 Å². The number of nitrogens with one attached hydrogen (secondary N) is 1. The second-order valence-corrected chi connectivity index (χ2v) is 7.90. The van der Waals surface area contributed by atoms with Gasteiger partial charge < -0.3 is 5.32 Å². The number of hydrogen-bond donors (Lipinski definition) is 1. The highest BCUT2D eigenvalue weighted by molar-refractivity contribution is 6.35. The van der Waals surface area contributed by atoms with Gasteiger partial charge in [-0.05, 0) is 72.1 Å². The molecule has 0 radical (unpaired) electrons. The highest BCUT2D eigenvalue weighted by Crippen LogP contribution is 2.29. The Morgan fingerprint density at radius 3 is 2.42 bits per heavy atom. The third-order valence-electron chi connectivity index (χ3n) is 5.23. The van der Waals surface area contributed by atoms with Crippen LogP contribution in [0.5, 0.6) is 0 Å². The van der Waals surface area contributed by atoms with E-state index in [2.05, 4.69) is 11.4 Å². The van der Waals surface area contributed by atoms with Gasteiger partial charge in [0.15, 0.2) is 5.78 Å². The van der Waals surface area contributed by atoms with E-state index >= 15 is 0 Å². The van der Waals surface area contributed by atoms with Crippen LogP contribution in [0.2, 0.25) is 5.02 Å². The van der Waals surface area contributed by atoms with Crippen molar-refractivity contribution in [2.24, 2.45) is 0 Å². The molecule has 3 nitrogen and oxygen atoms in total. The first-order chi connectivity index (χ1) is 15.9. The minimum atomic E-state index is -0.737. The maximum Gasteiger partial charge on any atom is 0.194 e. The van der Waals surface area contributed by atoms with Crippen molar-refractivity contribution in [1.82, 2.24) is 0 Å². The number of nitrogens with zero attached hydrogens (tertiary/aromatic N) is 1. The first-order valence-corrected chi connectivity index (χ1v) is 10.4. The van der Waals surface area contributed by atoms with Crippen LogP contribution in [0.1, 0.15) is 27.0 Å². The predicted octanol–water partition coefficient (Wildman–Crippen LogP) is 7.44. The summed E-state index contributed by atoms with van der Waals surface area (Å²) >= 11 is 6.40. The minimum Gasteiger partial charge on any atom is -0.353 e. The fourth-order valence-electron chi connectivity index (χ4n) is 3.48. The fourth-order valence-corrected chi connectivity index (χ4v) is 3.75. The number of nitriles is 1. The Morgan fingerprint density at radius 2 is 1.70 bits per heavy atom. The molecule has 0 saturated heterocycles. The van der Waals surface area contributed by atoms with Gasteiger partial charge in [0, 0.05) is 22.9 Å². The SMILES string of the molecule is Cc1ccc(-c2cccc(C#N)c2)cc1C(=O)c1ccc(Nc2ccc(F)cc2F)cc1Cl. The van der Waals surface area contributed by atoms with Crippen LogP contribution >= 0.6 is 11.6 Å². The normalized spacial score (nSPS) is 10.5. The molecule has 1 N–H and O–H groups in total. The van der Waals surface area contributed by atoms with Crippen molar-refractivity contribution in [2.45, 2.75) is 6.92 Å². The van der Waals surface area contributed by atoms with Crippen LogP contribution in [0.4, 0.5) is 20.2 Å². The highest BCUT2D eigenvalue weighted by Gasteiger charge is 2.17. The minimum absolute atomic E-state index is 0.0923. The Labute approximate surface area is 194 Å². The maximum absolute atomic E-state index is 13.9. The summed E-state index contributed by atoms with van der Waals surface area (Å²) in [6.45, 7) is 1.84. The van der Waals surface area contributed by atoms with E-state index in [-0.39, 0.29) is 16.5 Å². The van der Waals surface area contributed by atoms with Gasteiger partial charge in [-0.15, -0.1) is 0 Å². The topological polar surface area (TPSA) is 52.9 Å². The number of benzene rings is 4. The van der Waals surface area contributed by atoms with Gasteiger partial charge in [-0.25, -0.2) is 8.78 Å². The van der Waals surface area contributed by atoms with Crippen molar-refractivity contribution in [2.75, 3.05) is 5.32 Å². The molecule has 0 atom stereocenters. The van der Waals surface area contributed by atoms with Gasteiger partial charge in [-0.3, -0.25) is 4.79 Å². The fraction of sp³-hybridized carbons (Fsp3) is 0.0370. The highest BCUT2D eigenvalue weighted by atomic mass is 35.5. The zero-order chi connectivity index (χ0) is 23.5. The lowest BCUT2D eigenvalue weighted by Gasteiger charge is -2.12. The molecule has 0 aromatic heterocycles. The average molecular weight is 459 g/mol. The van der Waals surface area contributed by atoms with E-state index in [0.717, 1.165) is 28.8 Å². The Kier molecular flexibility index (Phi) is 6.21. The van der Waals surface area contributed by atoms with Gasteiger partial charge in [0.1, 0.15) is 11.6 Å². The van der Waals surface area contributed by atoms with Gasteiger partial charge in [0.25, 0.3) is 0 Å². The summed E-state index contributed by atoms with van der Waals surface area (Å²) in [6.07, 6.45) is 0. The Hall–Kier alpha value is -4.01. The lowest BCUT2D eigenvalue weighted by Crippen LogP contribution is -2.05. The van der Waals surface area contributed by atoms with Crippen LogP contribution in [0.15, 0.2) is 78.9 Å². The summed E-state index contributed by atoms with van der Waals surface area (Å²) in [5.41, 5.74) is 4.29. The molecule has 4 rings (SSSR count). The third kappa shape index (κ3) is 4.77. The van der Waals surface area contributed by atoms with Crippen molar-refractivity contribution >= 4 is 28.8 Å². The molecule has 0 fully saturated rings. The molecule has 0 aliphatic carbocycles. The van der Waals surface area contributed by atoms with Gasteiger partial charge in [-0.2, -0.15) is 5.26 Å². The molecule has 6 heteroatoms. The number of rotatable bonds is 5. The molecular weight excluding hydrogens is 442 g/mol. The van der Waals surface area contributed by atoms with E-state index in [4.69, 9.17) is 16.9 Å². The van der Waals surface area contributed by atoms with Crippen LogP contribution in [0.3, 0.4) is 0 Å². The van der Waals surface area contributed by atoms with Gasteiger partial charge in [-0.1, -0.05) is 35.9 Å². The Balaban J connectivity index is 1.64. The predicted molar refractivity (Wildman–Crippen MR) is 126 cm³/mol. The Morgan fingerprint density at radius 1 is 0.909 bits per heavy atom. The van der Waals surface area contributed by atoms with Gasteiger partial charge in [0.05, 0.1) is 22.3 Å². The van der Waals surface area contributed by atoms with E-state index < -0.39 is 11.6 Å². The average Bonchev–Trinajstić information content (AvgIpc) is 2.81. The van der Waals surface area contributed by atoms with Crippen molar-refractivity contribution in [3.05, 3.63) is 118 Å². The van der Waals surface area contributed by atoms with Crippen molar-refractivity contribution in [3.63, 3.8) is 0 Å². The molecule has 4 aromatic rings. The van der Waals surface area contributed by atoms with E-state index in [9.17, 15) is 13.6 Å². The molecule has 0 heterocycles. The number of hydrogen-bond acceptors (Lipinski definition) is 3. The molecular formula is C27H17ClF2N2O. The number of carbonyl (C=O) groups excluding carboxylic acids is 1. The second kappa shape index (κ2) is 9.23. The van der Waals surface area contributed by atoms with Crippen molar-refractivity contribution in [1.29, 1.82) is 5.26 Å². The first kappa shape index (κ1) is 22.2. The smallest absolute Gasteiger partial charge is 0.194 e. The molecule has 0 aliphatic rings. The largest absolute Gasteiger partial charge is 0.353 e. The van der Waals surface area contributed by atoms with E-state index in [1.165, 1.54) is 12.1 Å². The van der Waals surface area contributed by atoms with Crippen LogP contribution in [-0.2, 0) is 0 Å². The van der Waals surface area contributed by atoms with E-state index in [1.54, 1.807) is 36.4 Å². The second-order valence-electron chi connectivity index (χ2n) is 7.50. The summed E-state index contributed by atoms with van der Waals surface area (Å²) in [6, 6.07) is 22.7. The summed E-state index contributed by atoms with van der Waals surface area (Å²) < 4.78 is 27.0. The lowest BCUT2D eigenvalue weighted by atomic mass is 9.94. The van der Waals surface area contributed by atoms with Crippen LogP contribution in [-0.4, -0.2) is 5.78 Å². The number of anilines is 2. The number of ketones is 1. The van der Waals surface area contributed by atoms with Crippen molar-refractivity contribution < 1.29 is 13.6 Å². The van der Waals surface area contributed by atoms with E-state index in [0.29, 0.717) is 22.4 Å². The molecule has 0 unspecified atom stereocenters. The number of aryl methyl sites for hydroxylation is 1. The van der Waals surface area contributed by atoms with E-state index in [1.807, 2.05) is 25.1 Å². The molecule has 0 saturated carbocycles. The summed E-state index contributed by atoms with van der Waals surface area (Å²) in [7, 11) is 0. The first-order valence-electron chi connectivity index (χ1n) is 10.0. The standard InChI is InChI=1S/C27H17ClF2N2O/c1-16-5-6-19(18-4-2-3-17(11-18)15-31)12-23(16)27(33)22-9-8-21(14-24(22)28)32-26-10-7-20(29)13-25(26)30/h2-14,32H,1H3. The summed E-state index contributed by atoms with van der Waals surface area (Å²) in [4.78, 5) is 13.3. The zero-order valence-corrected chi connectivity index (χ0v) is 18.3. The third-order valence-corrected chi connectivity index (χ3v) is 5.54. The molecule has 0 bridgehead atoms. The van der Waals surface area contributed by atoms with Gasteiger partial charge in [0.2, 0.25) is 0 Å². The monoisotopic (exact) mass is 458 g/mol. The van der Waals surface area contributed by atoms with Crippen LogP contribution in [0, 0.1) is 29.9 Å². The number of carbonyl (C=O) groups is 1. The van der Waals surface area contributed by atoms with Crippen LogP contribution in [0.25, 0.3) is 11.1 Å². The lowest BCUT2D eigenvalue weighted by molar-refractivity contribution is 0.103. The molecule has 0 spiro atoms. The molecule has 162 valence electrons. The summed E-state index contributed by atoms with van der Waals surface area (Å²) in [5.74, 6) is -1.66. The molecule has 33 heavy (non-hydrogen) atoms. The van der Waals surface area contributed by atoms with Gasteiger partial charge >= 0.3 is 0 Å². The zero-order valence-electron chi connectivity index (χ0n) is 17.5. The number of halogens is 3. The molecule has 0 amide bonds. The van der Waals surface area contributed by atoms with Crippen LogP contribution < -0.4 is 5.32 Å². The summed E-state index contributed by atoms with van der Waals surface area (Å²) in [5, 5.41) is 12.2. The molecule has 4 aromatic carbocycles. The molecule has 0 aliphatic heterocycles. The maximum atomic E-state index is 13.9.